The van der Waals surface area contributed by atoms with Crippen LogP contribution in [0.2, 0.25) is 0 Å². The maximum absolute atomic E-state index is 10.1. The van der Waals surface area contributed by atoms with E-state index in [-0.39, 0.29) is 5.75 Å². The molecule has 0 unspecified atom stereocenters. The third-order valence-corrected chi connectivity index (χ3v) is 3.15. The van der Waals surface area contributed by atoms with Crippen LogP contribution in [0.3, 0.4) is 0 Å². The van der Waals surface area contributed by atoms with Crippen LogP contribution in [0.25, 0.3) is 11.1 Å². The van der Waals surface area contributed by atoms with Crippen molar-refractivity contribution in [3.8, 4) is 22.9 Å². The molecule has 18 heavy (non-hydrogen) atoms. The van der Waals surface area contributed by atoms with Crippen molar-refractivity contribution in [1.82, 2.24) is 0 Å². The molecule has 0 aliphatic carbocycles. The highest BCUT2D eigenvalue weighted by Gasteiger charge is 2.15. The molecule has 0 radical (unpaired) electrons. The highest BCUT2D eigenvalue weighted by Crippen LogP contribution is 2.36. The van der Waals surface area contributed by atoms with Gasteiger partial charge in [-0.05, 0) is 36.6 Å². The van der Waals surface area contributed by atoms with Gasteiger partial charge in [0.1, 0.15) is 5.75 Å². The molecule has 2 heteroatoms. The zero-order valence-electron chi connectivity index (χ0n) is 10.6. The highest BCUT2D eigenvalue weighted by molar-refractivity contribution is 5.80. The third-order valence-electron chi connectivity index (χ3n) is 3.15. The molecule has 2 aromatic rings. The standard InChI is InChI=1S/C16H15NO/c1-3-12-7-5-8-13(10-17)16(12)15-11(2)6-4-9-14(15)18/h4-9,18H,3H2,1-2H3. The van der Waals surface area contributed by atoms with Crippen LogP contribution < -0.4 is 0 Å². The molecule has 0 aliphatic heterocycles. The predicted molar refractivity (Wildman–Crippen MR) is 72.4 cm³/mol. The van der Waals surface area contributed by atoms with Gasteiger partial charge in [0.2, 0.25) is 0 Å². The lowest BCUT2D eigenvalue weighted by molar-refractivity contribution is 0.477. The minimum atomic E-state index is 0.229. The Kier molecular flexibility index (Phi) is 3.34. The molecule has 2 aromatic carbocycles. The Morgan fingerprint density at radius 3 is 2.44 bits per heavy atom. The second kappa shape index (κ2) is 4.93. The van der Waals surface area contributed by atoms with E-state index in [0.29, 0.717) is 5.56 Å². The van der Waals surface area contributed by atoms with Crippen LogP contribution in [-0.2, 0) is 6.42 Å². The van der Waals surface area contributed by atoms with Crippen molar-refractivity contribution in [1.29, 1.82) is 5.26 Å². The van der Waals surface area contributed by atoms with Crippen LogP contribution in [0.4, 0.5) is 0 Å². The number of aromatic hydroxyl groups is 1. The molecular weight excluding hydrogens is 222 g/mol. The maximum atomic E-state index is 10.1. The second-order valence-electron chi connectivity index (χ2n) is 4.27. The molecule has 0 fully saturated rings. The van der Waals surface area contributed by atoms with Crippen LogP contribution >= 0.6 is 0 Å². The predicted octanol–water partition coefficient (Wildman–Crippen LogP) is 3.80. The zero-order valence-corrected chi connectivity index (χ0v) is 10.6. The fourth-order valence-electron chi connectivity index (χ4n) is 2.26. The Bertz CT molecular complexity index is 603. The van der Waals surface area contributed by atoms with Crippen molar-refractivity contribution in [2.45, 2.75) is 20.3 Å². The minimum absolute atomic E-state index is 0.229. The Hall–Kier alpha value is -2.27. The van der Waals surface area contributed by atoms with Crippen LogP contribution in [0, 0.1) is 18.3 Å². The first-order valence-corrected chi connectivity index (χ1v) is 6.00. The van der Waals surface area contributed by atoms with E-state index in [1.807, 2.05) is 31.2 Å². The number of nitriles is 1. The summed E-state index contributed by atoms with van der Waals surface area (Å²) in [5.41, 5.74) is 4.30. The molecule has 0 atom stereocenters. The van der Waals surface area contributed by atoms with Crippen LogP contribution in [0.1, 0.15) is 23.6 Å². The molecule has 0 spiro atoms. The van der Waals surface area contributed by atoms with Crippen molar-refractivity contribution in [2.75, 3.05) is 0 Å². The molecule has 2 rings (SSSR count). The lowest BCUT2D eigenvalue weighted by Gasteiger charge is -2.14. The summed E-state index contributed by atoms with van der Waals surface area (Å²) >= 11 is 0. The van der Waals surface area contributed by atoms with Crippen molar-refractivity contribution >= 4 is 0 Å². The van der Waals surface area contributed by atoms with Crippen LogP contribution in [0.5, 0.6) is 5.75 Å². The first-order chi connectivity index (χ1) is 8.69. The summed E-state index contributed by atoms with van der Waals surface area (Å²) in [4.78, 5) is 0. The average molecular weight is 237 g/mol. The van der Waals surface area contributed by atoms with E-state index < -0.39 is 0 Å². The van der Waals surface area contributed by atoms with E-state index in [1.54, 1.807) is 12.1 Å². The Morgan fingerprint density at radius 1 is 1.11 bits per heavy atom. The lowest BCUT2D eigenvalue weighted by atomic mass is 9.90. The number of phenolic OH excluding ortho intramolecular Hbond substituents is 1. The number of aryl methyl sites for hydroxylation is 2. The number of nitrogens with zero attached hydrogens (tertiary/aromatic N) is 1. The Labute approximate surface area is 107 Å². The fourth-order valence-corrected chi connectivity index (χ4v) is 2.26. The van der Waals surface area contributed by atoms with Gasteiger partial charge in [0.25, 0.3) is 0 Å². The van der Waals surface area contributed by atoms with Crippen LogP contribution in [0.15, 0.2) is 36.4 Å². The number of benzene rings is 2. The number of hydrogen-bond donors (Lipinski definition) is 1. The summed E-state index contributed by atoms with van der Waals surface area (Å²) < 4.78 is 0. The van der Waals surface area contributed by atoms with E-state index in [2.05, 4.69) is 13.0 Å². The van der Waals surface area contributed by atoms with Gasteiger partial charge in [-0.1, -0.05) is 31.2 Å². The smallest absolute Gasteiger partial charge is 0.123 e. The molecular formula is C16H15NO. The van der Waals surface area contributed by atoms with E-state index in [1.165, 1.54) is 0 Å². The quantitative estimate of drug-likeness (QED) is 0.863. The van der Waals surface area contributed by atoms with E-state index >= 15 is 0 Å². The largest absolute Gasteiger partial charge is 0.507 e. The van der Waals surface area contributed by atoms with Crippen molar-refractivity contribution in [2.24, 2.45) is 0 Å². The van der Waals surface area contributed by atoms with Crippen molar-refractivity contribution in [3.05, 3.63) is 53.1 Å². The molecule has 2 nitrogen and oxygen atoms in total. The number of rotatable bonds is 2. The Morgan fingerprint density at radius 2 is 1.83 bits per heavy atom. The summed E-state index contributed by atoms with van der Waals surface area (Å²) in [5.74, 6) is 0.229. The van der Waals surface area contributed by atoms with Gasteiger partial charge in [-0.25, -0.2) is 0 Å². The van der Waals surface area contributed by atoms with Gasteiger partial charge in [-0.3, -0.25) is 0 Å². The summed E-state index contributed by atoms with van der Waals surface area (Å²) in [5, 5.41) is 19.3. The van der Waals surface area contributed by atoms with Gasteiger partial charge in [-0.2, -0.15) is 5.26 Å². The SMILES string of the molecule is CCc1cccc(C#N)c1-c1c(C)cccc1O. The molecule has 0 saturated heterocycles. The average Bonchev–Trinajstić information content (AvgIpc) is 2.38. The summed E-state index contributed by atoms with van der Waals surface area (Å²) in [7, 11) is 0. The summed E-state index contributed by atoms with van der Waals surface area (Å²) in [6, 6.07) is 13.3. The Balaban J connectivity index is 2.82. The van der Waals surface area contributed by atoms with Crippen molar-refractivity contribution < 1.29 is 5.11 Å². The normalized spacial score (nSPS) is 10.1. The summed E-state index contributed by atoms with van der Waals surface area (Å²) in [6.45, 7) is 4.00. The number of hydrogen-bond acceptors (Lipinski definition) is 2. The molecule has 0 amide bonds. The molecule has 0 saturated carbocycles. The van der Waals surface area contributed by atoms with Gasteiger partial charge >= 0.3 is 0 Å². The molecule has 0 heterocycles. The van der Waals surface area contributed by atoms with Gasteiger partial charge < -0.3 is 5.11 Å². The molecule has 1 N–H and O–H groups in total. The van der Waals surface area contributed by atoms with E-state index in [9.17, 15) is 10.4 Å². The zero-order chi connectivity index (χ0) is 13.1. The first-order valence-electron chi connectivity index (χ1n) is 6.00. The van der Waals surface area contributed by atoms with Gasteiger partial charge in [0, 0.05) is 11.1 Å². The fraction of sp³-hybridized carbons (Fsp3) is 0.188. The minimum Gasteiger partial charge on any atom is -0.507 e. The first kappa shape index (κ1) is 12.2. The molecule has 0 bridgehead atoms. The molecule has 0 aliphatic rings. The van der Waals surface area contributed by atoms with Gasteiger partial charge in [0.05, 0.1) is 11.6 Å². The van der Waals surface area contributed by atoms with E-state index in [4.69, 9.17) is 0 Å². The van der Waals surface area contributed by atoms with Gasteiger partial charge in [0.15, 0.2) is 0 Å². The topological polar surface area (TPSA) is 44.0 Å². The van der Waals surface area contributed by atoms with Crippen LogP contribution in [-0.4, -0.2) is 5.11 Å². The maximum Gasteiger partial charge on any atom is 0.123 e. The van der Waals surface area contributed by atoms with E-state index in [0.717, 1.165) is 28.7 Å². The monoisotopic (exact) mass is 237 g/mol. The molecule has 0 aromatic heterocycles. The third kappa shape index (κ3) is 1.96. The summed E-state index contributed by atoms with van der Waals surface area (Å²) in [6.07, 6.45) is 0.832. The van der Waals surface area contributed by atoms with Crippen molar-refractivity contribution in [3.63, 3.8) is 0 Å². The number of phenols is 1. The highest BCUT2D eigenvalue weighted by atomic mass is 16.3. The second-order valence-corrected chi connectivity index (χ2v) is 4.27. The lowest BCUT2D eigenvalue weighted by Crippen LogP contribution is -1.94. The molecule has 90 valence electrons. The van der Waals surface area contributed by atoms with Gasteiger partial charge in [-0.15, -0.1) is 0 Å².